The Hall–Kier alpha value is -2.70. The van der Waals surface area contributed by atoms with E-state index in [1.165, 1.54) is 5.56 Å². The van der Waals surface area contributed by atoms with E-state index in [1.54, 1.807) is 11.1 Å². The third-order valence-electron chi connectivity index (χ3n) is 3.86. The summed E-state index contributed by atoms with van der Waals surface area (Å²) in [6.45, 7) is 3.64. The molecule has 0 atom stereocenters. The van der Waals surface area contributed by atoms with E-state index in [1.807, 2.05) is 18.2 Å². The zero-order valence-electron chi connectivity index (χ0n) is 12.9. The standard InChI is InChI=1S/C16H20N6O/c23-13-21-8-10-22(11-9-21)16-19-15(12-18-20-16)17-7-6-14-4-2-1-3-5-14/h1-5,12-13H,6-11H2,(H,17,19,20). The van der Waals surface area contributed by atoms with Gasteiger partial charge in [-0.2, -0.15) is 10.1 Å². The molecule has 1 saturated heterocycles. The Bertz CT molecular complexity index is 627. The number of aromatic nitrogens is 3. The molecular weight excluding hydrogens is 292 g/mol. The van der Waals surface area contributed by atoms with Gasteiger partial charge in [-0.25, -0.2) is 0 Å². The van der Waals surface area contributed by atoms with E-state index in [0.29, 0.717) is 19.0 Å². The summed E-state index contributed by atoms with van der Waals surface area (Å²) in [5, 5.41) is 11.4. The fourth-order valence-electron chi connectivity index (χ4n) is 2.52. The molecule has 0 spiro atoms. The molecule has 1 amide bonds. The molecular formula is C16H20N6O. The van der Waals surface area contributed by atoms with Gasteiger partial charge in [-0.3, -0.25) is 4.79 Å². The Morgan fingerprint density at radius 1 is 1.13 bits per heavy atom. The third-order valence-corrected chi connectivity index (χ3v) is 3.86. The molecule has 1 aromatic heterocycles. The fourth-order valence-corrected chi connectivity index (χ4v) is 2.52. The van der Waals surface area contributed by atoms with Crippen molar-refractivity contribution in [2.75, 3.05) is 42.9 Å². The minimum Gasteiger partial charge on any atom is -0.368 e. The van der Waals surface area contributed by atoms with E-state index in [2.05, 4.69) is 37.5 Å². The van der Waals surface area contributed by atoms with Crippen molar-refractivity contribution in [1.82, 2.24) is 20.1 Å². The van der Waals surface area contributed by atoms with Gasteiger partial charge in [0.2, 0.25) is 12.4 Å². The fraction of sp³-hybridized carbons (Fsp3) is 0.375. The highest BCUT2D eigenvalue weighted by atomic mass is 16.1. The van der Waals surface area contributed by atoms with Crippen LogP contribution in [0.4, 0.5) is 11.8 Å². The summed E-state index contributed by atoms with van der Waals surface area (Å²) in [6.07, 6.45) is 3.45. The largest absolute Gasteiger partial charge is 0.368 e. The molecule has 1 fully saturated rings. The van der Waals surface area contributed by atoms with Crippen LogP contribution in [-0.4, -0.2) is 59.2 Å². The number of carbonyl (C=O) groups is 1. The van der Waals surface area contributed by atoms with Gasteiger partial charge in [-0.05, 0) is 12.0 Å². The van der Waals surface area contributed by atoms with E-state index >= 15 is 0 Å². The second kappa shape index (κ2) is 7.53. The molecule has 1 aliphatic heterocycles. The molecule has 0 aliphatic carbocycles. The number of nitrogens with zero attached hydrogens (tertiary/aromatic N) is 5. The molecule has 0 bridgehead atoms. The SMILES string of the molecule is O=CN1CCN(c2nncc(NCCc3ccccc3)n2)CC1. The van der Waals surface area contributed by atoms with Crippen molar-refractivity contribution in [3.63, 3.8) is 0 Å². The molecule has 120 valence electrons. The highest BCUT2D eigenvalue weighted by molar-refractivity contribution is 5.48. The first-order chi connectivity index (χ1) is 11.3. The maximum Gasteiger partial charge on any atom is 0.247 e. The Balaban J connectivity index is 1.54. The minimum absolute atomic E-state index is 0.611. The average molecular weight is 312 g/mol. The van der Waals surface area contributed by atoms with Crippen LogP contribution in [0.2, 0.25) is 0 Å². The van der Waals surface area contributed by atoms with E-state index in [4.69, 9.17) is 0 Å². The van der Waals surface area contributed by atoms with Crippen LogP contribution in [-0.2, 0) is 11.2 Å². The number of amides is 1. The van der Waals surface area contributed by atoms with E-state index in [9.17, 15) is 4.79 Å². The van der Waals surface area contributed by atoms with Crippen LogP contribution < -0.4 is 10.2 Å². The van der Waals surface area contributed by atoms with Gasteiger partial charge in [-0.15, -0.1) is 5.10 Å². The van der Waals surface area contributed by atoms with Gasteiger partial charge >= 0.3 is 0 Å². The van der Waals surface area contributed by atoms with Crippen molar-refractivity contribution in [1.29, 1.82) is 0 Å². The number of nitrogens with one attached hydrogen (secondary N) is 1. The number of benzene rings is 1. The maximum atomic E-state index is 10.7. The Morgan fingerprint density at radius 2 is 1.91 bits per heavy atom. The summed E-state index contributed by atoms with van der Waals surface area (Å²) in [7, 11) is 0. The molecule has 1 aromatic carbocycles. The van der Waals surface area contributed by atoms with Crippen LogP contribution in [0.3, 0.4) is 0 Å². The van der Waals surface area contributed by atoms with Crippen LogP contribution in [0.15, 0.2) is 36.5 Å². The van der Waals surface area contributed by atoms with Crippen molar-refractivity contribution in [2.45, 2.75) is 6.42 Å². The predicted molar refractivity (Wildman–Crippen MR) is 88.3 cm³/mol. The van der Waals surface area contributed by atoms with Gasteiger partial charge in [-0.1, -0.05) is 30.3 Å². The summed E-state index contributed by atoms with van der Waals surface area (Å²) in [4.78, 5) is 19.1. The normalized spacial score (nSPS) is 14.6. The van der Waals surface area contributed by atoms with Gasteiger partial charge in [0.25, 0.3) is 0 Å². The Labute approximate surface area is 135 Å². The highest BCUT2D eigenvalue weighted by Gasteiger charge is 2.18. The van der Waals surface area contributed by atoms with E-state index in [0.717, 1.165) is 38.3 Å². The maximum absolute atomic E-state index is 10.7. The van der Waals surface area contributed by atoms with Gasteiger partial charge in [0.05, 0.1) is 6.20 Å². The number of carbonyl (C=O) groups excluding carboxylic acids is 1. The lowest BCUT2D eigenvalue weighted by atomic mass is 10.1. The number of piperazine rings is 1. The van der Waals surface area contributed by atoms with Crippen LogP contribution in [0, 0.1) is 0 Å². The molecule has 3 rings (SSSR count). The van der Waals surface area contributed by atoms with Crippen molar-refractivity contribution < 1.29 is 4.79 Å². The first-order valence-electron chi connectivity index (χ1n) is 7.77. The molecule has 23 heavy (non-hydrogen) atoms. The number of hydrogen-bond acceptors (Lipinski definition) is 6. The Morgan fingerprint density at radius 3 is 2.65 bits per heavy atom. The van der Waals surface area contributed by atoms with Crippen molar-refractivity contribution in [2.24, 2.45) is 0 Å². The molecule has 2 aromatic rings. The van der Waals surface area contributed by atoms with Gasteiger partial charge in [0.15, 0.2) is 5.82 Å². The molecule has 1 N–H and O–H groups in total. The van der Waals surface area contributed by atoms with Gasteiger partial charge in [0, 0.05) is 32.7 Å². The quantitative estimate of drug-likeness (QED) is 0.796. The van der Waals surface area contributed by atoms with Crippen molar-refractivity contribution in [3.05, 3.63) is 42.1 Å². The lowest BCUT2D eigenvalue weighted by molar-refractivity contribution is -0.118. The predicted octanol–water partition coefficient (Wildman–Crippen LogP) is 0.805. The molecule has 0 saturated carbocycles. The van der Waals surface area contributed by atoms with E-state index in [-0.39, 0.29) is 0 Å². The van der Waals surface area contributed by atoms with Crippen LogP contribution >= 0.6 is 0 Å². The topological polar surface area (TPSA) is 74.2 Å². The molecule has 2 heterocycles. The molecule has 0 radical (unpaired) electrons. The summed E-state index contributed by atoms with van der Waals surface area (Å²) in [5.74, 6) is 1.34. The minimum atomic E-state index is 0.611. The smallest absolute Gasteiger partial charge is 0.247 e. The molecule has 7 nitrogen and oxygen atoms in total. The second-order valence-electron chi connectivity index (χ2n) is 5.43. The number of anilines is 2. The third kappa shape index (κ3) is 4.15. The highest BCUT2D eigenvalue weighted by Crippen LogP contribution is 2.12. The average Bonchev–Trinajstić information content (AvgIpc) is 2.63. The molecule has 0 unspecified atom stereocenters. The van der Waals surface area contributed by atoms with Crippen molar-refractivity contribution in [3.8, 4) is 0 Å². The lowest BCUT2D eigenvalue weighted by Gasteiger charge is -2.32. The van der Waals surface area contributed by atoms with Crippen LogP contribution in [0.1, 0.15) is 5.56 Å². The second-order valence-corrected chi connectivity index (χ2v) is 5.43. The monoisotopic (exact) mass is 312 g/mol. The number of rotatable bonds is 6. The molecule has 7 heteroatoms. The Kier molecular flexibility index (Phi) is 4.98. The first-order valence-corrected chi connectivity index (χ1v) is 7.77. The summed E-state index contributed by atoms with van der Waals surface area (Å²) in [6, 6.07) is 10.3. The van der Waals surface area contributed by atoms with Crippen molar-refractivity contribution >= 4 is 18.2 Å². The lowest BCUT2D eigenvalue weighted by Crippen LogP contribution is -2.46. The van der Waals surface area contributed by atoms with Crippen LogP contribution in [0.5, 0.6) is 0 Å². The van der Waals surface area contributed by atoms with Crippen LogP contribution in [0.25, 0.3) is 0 Å². The summed E-state index contributed by atoms with van der Waals surface area (Å²) < 4.78 is 0. The molecule has 1 aliphatic rings. The van der Waals surface area contributed by atoms with Gasteiger partial charge < -0.3 is 15.1 Å². The van der Waals surface area contributed by atoms with Gasteiger partial charge in [0.1, 0.15) is 0 Å². The zero-order valence-corrected chi connectivity index (χ0v) is 12.9. The summed E-state index contributed by atoms with van der Waals surface area (Å²) in [5.41, 5.74) is 1.28. The summed E-state index contributed by atoms with van der Waals surface area (Å²) >= 11 is 0. The van der Waals surface area contributed by atoms with E-state index < -0.39 is 0 Å². The zero-order chi connectivity index (χ0) is 15.9. The number of hydrogen-bond donors (Lipinski definition) is 1. The first kappa shape index (κ1) is 15.2.